The number of aromatic nitrogens is 1. The van der Waals surface area contributed by atoms with Crippen LogP contribution in [0.5, 0.6) is 0 Å². The van der Waals surface area contributed by atoms with Crippen LogP contribution in [0.4, 0.5) is 0 Å². The first-order valence-electron chi connectivity index (χ1n) is 2.70. The second-order valence-corrected chi connectivity index (χ2v) is 5.08. The summed E-state index contributed by atoms with van der Waals surface area (Å²) in [6.45, 7) is 1.97. The number of aryl methyl sites for hydroxylation is 1. The number of pyridine rings is 1. The van der Waals surface area contributed by atoms with Crippen LogP contribution in [-0.4, -0.2) is 5.21 Å². The normalized spacial score (nSPS) is 8.64. The predicted molar refractivity (Wildman–Crippen MR) is 40.3 cm³/mol. The van der Waals surface area contributed by atoms with E-state index in [1.54, 1.807) is 12.4 Å². The van der Waals surface area contributed by atoms with Gasteiger partial charge in [0.25, 0.3) is 0 Å². The molecule has 0 aliphatic rings. The second-order valence-electron chi connectivity index (χ2n) is 1.80. The Labute approximate surface area is 82.1 Å². The van der Waals surface area contributed by atoms with E-state index >= 15 is 0 Å². The number of nitrogens with zero attached hydrogens (tertiary/aromatic N) is 1. The third-order valence-electron chi connectivity index (χ3n) is 0.980. The molecular formula is C6H8Cl2NOPt+. The number of rotatable bonds is 0. The molecule has 0 fully saturated rings. The molecule has 0 radical (unpaired) electrons. The topological polar surface area (TPSA) is 24.1 Å². The SMILES string of the molecule is Cc1cc[n+](O)cc1.[Cl][Pt][Cl]. The van der Waals surface area contributed by atoms with E-state index in [2.05, 4.69) is 0 Å². The summed E-state index contributed by atoms with van der Waals surface area (Å²) >= 11 is -0.472. The first kappa shape index (κ1) is 11.2. The Hall–Kier alpha value is 0.218. The Morgan fingerprint density at radius 1 is 1.36 bits per heavy atom. The summed E-state index contributed by atoms with van der Waals surface area (Å²) in [7, 11) is 9.75. The van der Waals surface area contributed by atoms with Gasteiger partial charge < -0.3 is 0 Å². The van der Waals surface area contributed by atoms with Gasteiger partial charge in [-0.3, -0.25) is 5.21 Å². The third-order valence-corrected chi connectivity index (χ3v) is 0.980. The van der Waals surface area contributed by atoms with Gasteiger partial charge in [0.05, 0.1) is 0 Å². The fourth-order valence-electron chi connectivity index (χ4n) is 0.493. The van der Waals surface area contributed by atoms with E-state index in [1.165, 1.54) is 0 Å². The van der Waals surface area contributed by atoms with Crippen LogP contribution in [0.15, 0.2) is 24.5 Å². The first-order valence-corrected chi connectivity index (χ1v) is 8.33. The fourth-order valence-corrected chi connectivity index (χ4v) is 0.493. The molecule has 1 rings (SSSR count). The summed E-state index contributed by atoms with van der Waals surface area (Å²) in [6.07, 6.45) is 3.19. The molecular weight excluding hydrogens is 368 g/mol. The molecule has 0 unspecified atom stereocenters. The van der Waals surface area contributed by atoms with E-state index in [1.807, 2.05) is 19.1 Å². The minimum absolute atomic E-state index is 0.472. The van der Waals surface area contributed by atoms with Crippen LogP contribution < -0.4 is 4.73 Å². The van der Waals surface area contributed by atoms with Crippen molar-refractivity contribution in [1.29, 1.82) is 0 Å². The zero-order valence-corrected chi connectivity index (χ0v) is 9.56. The number of hydrogen-bond acceptors (Lipinski definition) is 1. The van der Waals surface area contributed by atoms with E-state index in [-0.39, 0.29) is 0 Å². The number of halogens is 2. The standard InChI is InChI=1S/C6H8NO.2ClH.Pt/c1-6-2-4-7(8)5-3-6;;;/h2-5,8H,1H3;2*1H;/q+1;;;+2/p-2. The summed E-state index contributed by atoms with van der Waals surface area (Å²) < 4.78 is 1.02. The van der Waals surface area contributed by atoms with Gasteiger partial charge in [-0.05, 0) is 12.5 Å². The van der Waals surface area contributed by atoms with Gasteiger partial charge in [-0.15, -0.1) is 0 Å². The first-order chi connectivity index (χ1) is 5.20. The van der Waals surface area contributed by atoms with Crippen LogP contribution in [0, 0.1) is 6.92 Å². The average molecular weight is 376 g/mol. The Morgan fingerprint density at radius 3 is 2.00 bits per heavy atom. The molecule has 0 atom stereocenters. The van der Waals surface area contributed by atoms with Crippen molar-refractivity contribution < 1.29 is 26.4 Å². The van der Waals surface area contributed by atoms with Crippen molar-refractivity contribution in [2.45, 2.75) is 6.92 Å². The Balaban J connectivity index is 0.000000292. The van der Waals surface area contributed by atoms with Crippen molar-refractivity contribution in [1.82, 2.24) is 0 Å². The van der Waals surface area contributed by atoms with Crippen molar-refractivity contribution in [3.8, 4) is 0 Å². The van der Waals surface area contributed by atoms with Crippen molar-refractivity contribution >= 4 is 18.8 Å². The molecule has 2 nitrogen and oxygen atoms in total. The third kappa shape index (κ3) is 6.61. The van der Waals surface area contributed by atoms with E-state index in [0.29, 0.717) is 0 Å². The van der Waals surface area contributed by atoms with Gasteiger partial charge in [0.2, 0.25) is 12.4 Å². The van der Waals surface area contributed by atoms with Crippen molar-refractivity contribution in [3.63, 3.8) is 0 Å². The summed E-state index contributed by atoms with van der Waals surface area (Å²) in [5, 5.41) is 8.67. The van der Waals surface area contributed by atoms with Crippen LogP contribution in [0.2, 0.25) is 0 Å². The molecule has 11 heavy (non-hydrogen) atoms. The maximum atomic E-state index is 8.67. The quantitative estimate of drug-likeness (QED) is 0.543. The molecule has 0 bridgehead atoms. The van der Waals surface area contributed by atoms with Gasteiger partial charge >= 0.3 is 35.3 Å². The molecule has 1 aromatic rings. The van der Waals surface area contributed by atoms with Crippen LogP contribution in [0.25, 0.3) is 0 Å². The summed E-state index contributed by atoms with van der Waals surface area (Å²) in [4.78, 5) is 0. The predicted octanol–water partition coefficient (Wildman–Crippen LogP) is 1.90. The average Bonchev–Trinajstić information content (AvgIpc) is 1.97. The van der Waals surface area contributed by atoms with Crippen LogP contribution in [0.1, 0.15) is 5.56 Å². The Morgan fingerprint density at radius 2 is 1.73 bits per heavy atom. The van der Waals surface area contributed by atoms with Crippen molar-refractivity contribution in [2.24, 2.45) is 0 Å². The maximum absolute atomic E-state index is 8.67. The Kier molecular flexibility index (Phi) is 7.04. The minimum atomic E-state index is -0.472. The molecule has 1 N–H and O–H groups in total. The van der Waals surface area contributed by atoms with E-state index < -0.39 is 16.5 Å². The van der Waals surface area contributed by atoms with Gasteiger partial charge in [-0.2, -0.15) is 0 Å². The molecule has 66 valence electrons. The van der Waals surface area contributed by atoms with Crippen LogP contribution in [-0.2, 0) is 16.5 Å². The second kappa shape index (κ2) is 6.90. The molecule has 0 saturated carbocycles. The monoisotopic (exact) mass is 375 g/mol. The Bertz CT molecular complexity index is 171. The van der Waals surface area contributed by atoms with E-state index in [0.717, 1.165) is 10.3 Å². The molecule has 5 heteroatoms. The summed E-state index contributed by atoms with van der Waals surface area (Å²) in [6, 6.07) is 3.67. The zero-order chi connectivity index (χ0) is 8.69. The van der Waals surface area contributed by atoms with Gasteiger partial charge in [-0.25, -0.2) is 0 Å². The van der Waals surface area contributed by atoms with Gasteiger partial charge in [0, 0.05) is 16.9 Å². The molecule has 0 aliphatic carbocycles. The van der Waals surface area contributed by atoms with Crippen LogP contribution >= 0.6 is 18.8 Å². The van der Waals surface area contributed by atoms with Gasteiger partial charge in [0.1, 0.15) is 0 Å². The van der Waals surface area contributed by atoms with Gasteiger partial charge in [-0.1, -0.05) is 0 Å². The van der Waals surface area contributed by atoms with E-state index in [4.69, 9.17) is 24.0 Å². The summed E-state index contributed by atoms with van der Waals surface area (Å²) in [5.74, 6) is 0. The molecule has 0 amide bonds. The van der Waals surface area contributed by atoms with E-state index in [9.17, 15) is 0 Å². The molecule has 0 saturated heterocycles. The molecule has 1 aromatic heterocycles. The zero-order valence-electron chi connectivity index (χ0n) is 5.78. The molecule has 0 spiro atoms. The molecule has 0 aromatic carbocycles. The molecule has 0 aliphatic heterocycles. The van der Waals surface area contributed by atoms with Crippen molar-refractivity contribution in [2.75, 3.05) is 0 Å². The number of hydrogen-bond donors (Lipinski definition) is 1. The van der Waals surface area contributed by atoms with Crippen LogP contribution in [0.3, 0.4) is 0 Å². The molecule has 1 heterocycles. The van der Waals surface area contributed by atoms with Crippen molar-refractivity contribution in [3.05, 3.63) is 30.1 Å². The van der Waals surface area contributed by atoms with Gasteiger partial charge in [0.15, 0.2) is 0 Å². The summed E-state index contributed by atoms with van der Waals surface area (Å²) in [5.41, 5.74) is 1.15. The fraction of sp³-hybridized carbons (Fsp3) is 0.167.